The van der Waals surface area contributed by atoms with Crippen LogP contribution in [-0.4, -0.2) is 37.3 Å². The van der Waals surface area contributed by atoms with Gasteiger partial charge >= 0.3 is 0 Å². The zero-order valence-corrected chi connectivity index (χ0v) is 13.3. The van der Waals surface area contributed by atoms with Gasteiger partial charge in [-0.3, -0.25) is 0 Å². The molecule has 0 aliphatic carbocycles. The molecule has 0 aliphatic rings. The van der Waals surface area contributed by atoms with Gasteiger partial charge in [0.15, 0.2) is 0 Å². The first-order valence-electron chi connectivity index (χ1n) is 6.31. The van der Waals surface area contributed by atoms with Crippen LogP contribution in [0, 0.1) is 0 Å². The molecule has 0 bridgehead atoms. The van der Waals surface area contributed by atoms with Crippen LogP contribution in [0.25, 0.3) is 0 Å². The predicted octanol–water partition coefficient (Wildman–Crippen LogP) is 2.42. The molecule has 2 N–H and O–H groups in total. The summed E-state index contributed by atoms with van der Waals surface area (Å²) in [6, 6.07) is 7.54. The molecule has 1 atom stereocenters. The summed E-state index contributed by atoms with van der Waals surface area (Å²) in [7, 11) is -1.54. The van der Waals surface area contributed by atoms with Crippen molar-refractivity contribution in [3.05, 3.63) is 24.3 Å². The fourth-order valence-corrected chi connectivity index (χ4v) is 4.33. The predicted molar refractivity (Wildman–Crippen MR) is 82.9 cm³/mol. The summed E-state index contributed by atoms with van der Waals surface area (Å²) in [4.78, 5) is 0.934. The molecule has 0 radical (unpaired) electrons. The van der Waals surface area contributed by atoms with Crippen LogP contribution in [0.5, 0.6) is 0 Å². The molecule has 4 nitrogen and oxygen atoms in total. The van der Waals surface area contributed by atoms with Crippen molar-refractivity contribution in [2.24, 2.45) is 0 Å². The zero-order chi connectivity index (χ0) is 14.5. The Morgan fingerprint density at radius 1 is 1.37 bits per heavy atom. The maximum atomic E-state index is 12.1. The van der Waals surface area contributed by atoms with E-state index in [1.807, 2.05) is 38.1 Å². The zero-order valence-electron chi connectivity index (χ0n) is 11.7. The number of anilines is 1. The van der Waals surface area contributed by atoms with Crippen LogP contribution >= 0.6 is 11.8 Å². The van der Waals surface area contributed by atoms with Crippen LogP contribution < -0.4 is 5.73 Å². The number of para-hydroxylation sites is 1. The van der Waals surface area contributed by atoms with E-state index in [-0.39, 0.29) is 11.8 Å². The summed E-state index contributed by atoms with van der Waals surface area (Å²) in [5, 5.41) is 0. The number of nitrogens with two attached hydrogens (primary N) is 1. The fraction of sp³-hybridized carbons (Fsp3) is 0.538. The highest BCUT2D eigenvalue weighted by Crippen LogP contribution is 2.24. The van der Waals surface area contributed by atoms with Crippen molar-refractivity contribution in [1.29, 1.82) is 0 Å². The number of rotatable bonds is 7. The highest BCUT2D eigenvalue weighted by atomic mass is 32.2. The SMILES string of the molecule is CCC(C)N(C)S(=O)(=O)CCSc1ccccc1N. The molecule has 0 aromatic heterocycles. The van der Waals surface area contributed by atoms with Crippen LogP contribution in [0.2, 0.25) is 0 Å². The van der Waals surface area contributed by atoms with Gasteiger partial charge in [0.1, 0.15) is 0 Å². The molecule has 0 aliphatic heterocycles. The summed E-state index contributed by atoms with van der Waals surface area (Å²) in [6.45, 7) is 3.90. The molecule has 1 aromatic carbocycles. The number of thioether (sulfide) groups is 1. The number of hydrogen-bond acceptors (Lipinski definition) is 4. The molecule has 0 saturated carbocycles. The van der Waals surface area contributed by atoms with Gasteiger partial charge in [-0.2, -0.15) is 0 Å². The lowest BCUT2D eigenvalue weighted by molar-refractivity contribution is 0.381. The molecule has 6 heteroatoms. The minimum atomic E-state index is -3.18. The van der Waals surface area contributed by atoms with Gasteiger partial charge in [0, 0.05) is 29.4 Å². The number of benzene rings is 1. The smallest absolute Gasteiger partial charge is 0.214 e. The number of hydrogen-bond donors (Lipinski definition) is 1. The lowest BCUT2D eigenvalue weighted by Gasteiger charge is -2.23. The van der Waals surface area contributed by atoms with Crippen LogP contribution in [0.15, 0.2) is 29.2 Å². The molecular weight excluding hydrogens is 280 g/mol. The van der Waals surface area contributed by atoms with Gasteiger partial charge in [-0.1, -0.05) is 19.1 Å². The Balaban J connectivity index is 2.55. The van der Waals surface area contributed by atoms with Gasteiger partial charge in [-0.15, -0.1) is 11.8 Å². The van der Waals surface area contributed by atoms with Crippen molar-refractivity contribution < 1.29 is 8.42 Å². The first kappa shape index (κ1) is 16.3. The van der Waals surface area contributed by atoms with E-state index in [1.54, 1.807) is 7.05 Å². The normalized spacial score (nSPS) is 13.7. The van der Waals surface area contributed by atoms with E-state index in [0.29, 0.717) is 11.4 Å². The van der Waals surface area contributed by atoms with Crippen LogP contribution in [0.3, 0.4) is 0 Å². The molecule has 0 fully saturated rings. The Labute approximate surface area is 120 Å². The van der Waals surface area contributed by atoms with E-state index in [9.17, 15) is 8.42 Å². The van der Waals surface area contributed by atoms with Crippen molar-refractivity contribution in [2.75, 3.05) is 24.3 Å². The van der Waals surface area contributed by atoms with E-state index in [1.165, 1.54) is 16.1 Å². The quantitative estimate of drug-likeness (QED) is 0.620. The Hall–Kier alpha value is -0.720. The van der Waals surface area contributed by atoms with Crippen LogP contribution in [-0.2, 0) is 10.0 Å². The Morgan fingerprint density at radius 2 is 2.00 bits per heavy atom. The minimum Gasteiger partial charge on any atom is -0.398 e. The Morgan fingerprint density at radius 3 is 2.58 bits per heavy atom. The first-order valence-corrected chi connectivity index (χ1v) is 8.91. The van der Waals surface area contributed by atoms with E-state index >= 15 is 0 Å². The van der Waals surface area contributed by atoms with Gasteiger partial charge < -0.3 is 5.73 Å². The lowest BCUT2D eigenvalue weighted by Crippen LogP contribution is -2.36. The summed E-state index contributed by atoms with van der Waals surface area (Å²) in [5.74, 6) is 0.643. The monoisotopic (exact) mass is 302 g/mol. The molecule has 1 unspecified atom stereocenters. The number of nitrogens with zero attached hydrogens (tertiary/aromatic N) is 1. The maximum Gasteiger partial charge on any atom is 0.214 e. The molecule has 0 saturated heterocycles. The minimum absolute atomic E-state index is 0.0387. The van der Waals surface area contributed by atoms with Crippen molar-refractivity contribution in [2.45, 2.75) is 31.2 Å². The highest BCUT2D eigenvalue weighted by Gasteiger charge is 2.21. The molecule has 1 rings (SSSR count). The molecule has 108 valence electrons. The maximum absolute atomic E-state index is 12.1. The average Bonchev–Trinajstić information content (AvgIpc) is 2.39. The number of sulfonamides is 1. The average molecular weight is 302 g/mol. The van der Waals surface area contributed by atoms with Crippen molar-refractivity contribution >= 4 is 27.5 Å². The largest absolute Gasteiger partial charge is 0.398 e. The Kier molecular flexibility index (Phi) is 6.16. The fourth-order valence-electron chi connectivity index (χ4n) is 1.54. The van der Waals surface area contributed by atoms with Crippen LogP contribution in [0.4, 0.5) is 5.69 Å². The summed E-state index contributed by atoms with van der Waals surface area (Å²) in [6.07, 6.45) is 0.814. The topological polar surface area (TPSA) is 63.4 Å². The highest BCUT2D eigenvalue weighted by molar-refractivity contribution is 8.00. The van der Waals surface area contributed by atoms with E-state index in [2.05, 4.69) is 0 Å². The van der Waals surface area contributed by atoms with Crippen LogP contribution in [0.1, 0.15) is 20.3 Å². The third kappa shape index (κ3) is 4.71. The molecule has 0 heterocycles. The summed E-state index contributed by atoms with van der Waals surface area (Å²) >= 11 is 1.48. The van der Waals surface area contributed by atoms with Gasteiger partial charge in [-0.05, 0) is 25.5 Å². The third-order valence-corrected chi connectivity index (χ3v) is 6.48. The summed E-state index contributed by atoms with van der Waals surface area (Å²) < 4.78 is 25.6. The second-order valence-corrected chi connectivity index (χ2v) is 7.76. The van der Waals surface area contributed by atoms with E-state index in [0.717, 1.165) is 11.3 Å². The van der Waals surface area contributed by atoms with E-state index < -0.39 is 10.0 Å². The third-order valence-electron chi connectivity index (χ3n) is 3.17. The Bertz CT molecular complexity index is 503. The van der Waals surface area contributed by atoms with Gasteiger partial charge in [0.05, 0.1) is 5.75 Å². The van der Waals surface area contributed by atoms with Gasteiger partial charge in [0.2, 0.25) is 10.0 Å². The van der Waals surface area contributed by atoms with Gasteiger partial charge in [0.25, 0.3) is 0 Å². The van der Waals surface area contributed by atoms with Crippen molar-refractivity contribution in [1.82, 2.24) is 4.31 Å². The molecule has 19 heavy (non-hydrogen) atoms. The van der Waals surface area contributed by atoms with Gasteiger partial charge in [-0.25, -0.2) is 12.7 Å². The molecule has 0 amide bonds. The van der Waals surface area contributed by atoms with E-state index in [4.69, 9.17) is 5.73 Å². The number of nitrogen functional groups attached to an aromatic ring is 1. The second kappa shape index (κ2) is 7.17. The molecule has 0 spiro atoms. The van der Waals surface area contributed by atoms with Crippen molar-refractivity contribution in [3.63, 3.8) is 0 Å². The summed E-state index contributed by atoms with van der Waals surface area (Å²) in [5.41, 5.74) is 6.51. The second-order valence-electron chi connectivity index (χ2n) is 4.48. The standard InChI is InChI=1S/C13H22N2O2S2/c1-4-11(2)15(3)19(16,17)10-9-18-13-8-6-5-7-12(13)14/h5-8,11H,4,9-10,14H2,1-3H3. The lowest BCUT2D eigenvalue weighted by atomic mass is 10.3. The molecule has 1 aromatic rings. The first-order chi connectivity index (χ1) is 8.88. The molecular formula is C13H22N2O2S2. The van der Waals surface area contributed by atoms with Crippen molar-refractivity contribution in [3.8, 4) is 0 Å².